The minimum absolute atomic E-state index is 0. The van der Waals surface area contributed by atoms with Crippen molar-refractivity contribution < 1.29 is 5.48 Å². The normalized spacial score (nSPS) is 8.00. The van der Waals surface area contributed by atoms with E-state index in [0.29, 0.717) is 11.8 Å². The second-order valence-corrected chi connectivity index (χ2v) is 2.23. The van der Waals surface area contributed by atoms with Crippen LogP contribution in [0.15, 0.2) is 30.7 Å². The summed E-state index contributed by atoms with van der Waals surface area (Å²) >= 11 is 0. The molecular formula is C7H11Cl2N5O. The largest absolute Gasteiger partial charge is 0.412 e. The lowest BCUT2D eigenvalue weighted by Crippen LogP contribution is -2.02. The standard InChI is InChI=1S/C7H7N5.2ClH.H2O/c8-6-2-4-9-7(11-6)12-5-1-3-10-12;;;/h1-5H,(H2,8,9,11);2*1H;1H2. The first-order valence-corrected chi connectivity index (χ1v) is 3.45. The van der Waals surface area contributed by atoms with Gasteiger partial charge in [0.05, 0.1) is 0 Å². The van der Waals surface area contributed by atoms with Gasteiger partial charge >= 0.3 is 0 Å². The quantitative estimate of drug-likeness (QED) is 0.786. The van der Waals surface area contributed by atoms with Crippen molar-refractivity contribution >= 4 is 30.6 Å². The average molecular weight is 252 g/mol. The molecule has 0 saturated heterocycles. The highest BCUT2D eigenvalue weighted by atomic mass is 35.5. The number of nitrogens with zero attached hydrogens (tertiary/aromatic N) is 4. The molecule has 0 bridgehead atoms. The monoisotopic (exact) mass is 251 g/mol. The van der Waals surface area contributed by atoms with Gasteiger partial charge in [-0.15, -0.1) is 24.8 Å². The van der Waals surface area contributed by atoms with Crippen LogP contribution in [0.3, 0.4) is 0 Å². The van der Waals surface area contributed by atoms with E-state index in [1.165, 1.54) is 0 Å². The van der Waals surface area contributed by atoms with E-state index in [1.54, 1.807) is 35.4 Å². The van der Waals surface area contributed by atoms with Crippen molar-refractivity contribution in [3.05, 3.63) is 30.7 Å². The van der Waals surface area contributed by atoms with Crippen molar-refractivity contribution in [3.8, 4) is 5.95 Å². The Balaban J connectivity index is 0. The molecule has 2 aromatic rings. The van der Waals surface area contributed by atoms with Gasteiger partial charge in [-0.3, -0.25) is 0 Å². The van der Waals surface area contributed by atoms with E-state index in [2.05, 4.69) is 15.1 Å². The molecule has 0 unspecified atom stereocenters. The number of rotatable bonds is 1. The van der Waals surface area contributed by atoms with E-state index in [-0.39, 0.29) is 30.3 Å². The molecule has 0 atom stereocenters. The maximum absolute atomic E-state index is 5.47. The van der Waals surface area contributed by atoms with Crippen molar-refractivity contribution in [3.63, 3.8) is 0 Å². The Labute approximate surface area is 98.7 Å². The fourth-order valence-corrected chi connectivity index (χ4v) is 0.859. The molecule has 0 aliphatic rings. The summed E-state index contributed by atoms with van der Waals surface area (Å²) in [4.78, 5) is 7.97. The summed E-state index contributed by atoms with van der Waals surface area (Å²) in [6.07, 6.45) is 5.01. The highest BCUT2D eigenvalue weighted by Gasteiger charge is 1.97. The molecule has 0 spiro atoms. The Kier molecular flexibility index (Phi) is 7.49. The zero-order valence-corrected chi connectivity index (χ0v) is 9.20. The zero-order valence-electron chi connectivity index (χ0n) is 7.57. The van der Waals surface area contributed by atoms with Gasteiger partial charge in [-0.05, 0) is 12.1 Å². The van der Waals surface area contributed by atoms with E-state index < -0.39 is 0 Å². The summed E-state index contributed by atoms with van der Waals surface area (Å²) in [6.45, 7) is 0. The summed E-state index contributed by atoms with van der Waals surface area (Å²) in [7, 11) is 0. The highest BCUT2D eigenvalue weighted by Crippen LogP contribution is 2.00. The zero-order chi connectivity index (χ0) is 8.39. The van der Waals surface area contributed by atoms with Gasteiger partial charge in [-0.2, -0.15) is 10.1 Å². The van der Waals surface area contributed by atoms with Crippen molar-refractivity contribution in [2.45, 2.75) is 0 Å². The van der Waals surface area contributed by atoms with Gasteiger partial charge in [0, 0.05) is 18.6 Å². The number of anilines is 1. The molecule has 0 fully saturated rings. The van der Waals surface area contributed by atoms with Crippen LogP contribution in [0.2, 0.25) is 0 Å². The van der Waals surface area contributed by atoms with E-state index in [9.17, 15) is 0 Å². The molecule has 0 saturated carbocycles. The first-order chi connectivity index (χ1) is 5.86. The SMILES string of the molecule is Cl.Cl.Nc1ccnc(-n2cccn2)n1.O. The van der Waals surface area contributed by atoms with E-state index in [1.807, 2.05) is 0 Å². The molecule has 2 heterocycles. The predicted octanol–water partition coefficient (Wildman–Crippen LogP) is 0.263. The number of nitrogen functional groups attached to an aromatic ring is 1. The summed E-state index contributed by atoms with van der Waals surface area (Å²) in [5.41, 5.74) is 5.47. The summed E-state index contributed by atoms with van der Waals surface area (Å²) in [6, 6.07) is 3.43. The molecular weight excluding hydrogens is 241 g/mol. The van der Waals surface area contributed by atoms with Gasteiger partial charge in [-0.1, -0.05) is 0 Å². The second kappa shape index (κ2) is 6.99. The lowest BCUT2D eigenvalue weighted by molar-refractivity contribution is 0.810. The Hall–Kier alpha value is -1.37. The van der Waals surface area contributed by atoms with Gasteiger partial charge in [0.15, 0.2) is 0 Å². The maximum atomic E-state index is 5.47. The van der Waals surface area contributed by atoms with Crippen LogP contribution in [0.1, 0.15) is 0 Å². The highest BCUT2D eigenvalue weighted by molar-refractivity contribution is 5.85. The van der Waals surface area contributed by atoms with E-state index >= 15 is 0 Å². The summed E-state index contributed by atoms with van der Waals surface area (Å²) < 4.78 is 1.55. The molecule has 2 rings (SSSR count). The third-order valence-corrected chi connectivity index (χ3v) is 1.37. The van der Waals surface area contributed by atoms with Crippen LogP contribution in [-0.4, -0.2) is 25.2 Å². The Morgan fingerprint density at radius 1 is 1.20 bits per heavy atom. The van der Waals surface area contributed by atoms with Crippen LogP contribution in [0.25, 0.3) is 5.95 Å². The minimum atomic E-state index is 0. The number of aromatic nitrogens is 4. The second-order valence-electron chi connectivity index (χ2n) is 2.23. The van der Waals surface area contributed by atoms with E-state index in [4.69, 9.17) is 5.73 Å². The Morgan fingerprint density at radius 3 is 2.47 bits per heavy atom. The predicted molar refractivity (Wildman–Crippen MR) is 61.7 cm³/mol. The summed E-state index contributed by atoms with van der Waals surface area (Å²) in [5, 5.41) is 3.96. The fourth-order valence-electron chi connectivity index (χ4n) is 0.859. The Morgan fingerprint density at radius 2 is 1.93 bits per heavy atom. The van der Waals surface area contributed by atoms with Gasteiger partial charge in [0.2, 0.25) is 0 Å². The molecule has 0 aliphatic heterocycles. The van der Waals surface area contributed by atoms with Crippen LogP contribution in [0.5, 0.6) is 0 Å². The molecule has 84 valence electrons. The van der Waals surface area contributed by atoms with Crippen LogP contribution in [-0.2, 0) is 0 Å². The number of nitrogens with two attached hydrogens (primary N) is 1. The van der Waals surface area contributed by atoms with Gasteiger partial charge in [0.1, 0.15) is 5.82 Å². The van der Waals surface area contributed by atoms with Crippen molar-refractivity contribution in [2.75, 3.05) is 5.73 Å². The third-order valence-electron chi connectivity index (χ3n) is 1.37. The van der Waals surface area contributed by atoms with Crippen LogP contribution in [0.4, 0.5) is 5.82 Å². The molecule has 0 amide bonds. The smallest absolute Gasteiger partial charge is 0.252 e. The molecule has 2 aromatic heterocycles. The topological polar surface area (TPSA) is 101 Å². The van der Waals surface area contributed by atoms with Crippen molar-refractivity contribution in [1.82, 2.24) is 19.7 Å². The summed E-state index contributed by atoms with van der Waals surface area (Å²) in [5.74, 6) is 0.926. The first kappa shape index (κ1) is 16.1. The van der Waals surface area contributed by atoms with Crippen LogP contribution < -0.4 is 5.73 Å². The van der Waals surface area contributed by atoms with Crippen molar-refractivity contribution in [1.29, 1.82) is 0 Å². The molecule has 6 nitrogen and oxygen atoms in total. The van der Waals surface area contributed by atoms with Crippen LogP contribution >= 0.6 is 24.8 Å². The van der Waals surface area contributed by atoms with Crippen LogP contribution in [0, 0.1) is 0 Å². The van der Waals surface area contributed by atoms with E-state index in [0.717, 1.165) is 0 Å². The Bertz CT molecular complexity index is 381. The van der Waals surface area contributed by atoms with Crippen molar-refractivity contribution in [2.24, 2.45) is 0 Å². The lowest BCUT2D eigenvalue weighted by Gasteiger charge is -1.98. The number of halogens is 2. The van der Waals surface area contributed by atoms with Gasteiger partial charge in [0.25, 0.3) is 5.95 Å². The van der Waals surface area contributed by atoms with Gasteiger partial charge in [-0.25, -0.2) is 9.67 Å². The fraction of sp³-hybridized carbons (Fsp3) is 0. The molecule has 8 heteroatoms. The molecule has 4 N–H and O–H groups in total. The molecule has 15 heavy (non-hydrogen) atoms. The minimum Gasteiger partial charge on any atom is -0.412 e. The molecule has 0 radical (unpaired) electrons. The lowest BCUT2D eigenvalue weighted by atomic mass is 10.6. The third kappa shape index (κ3) is 3.70. The number of hydrogen-bond acceptors (Lipinski definition) is 4. The molecule has 0 aromatic carbocycles. The average Bonchev–Trinajstić information content (AvgIpc) is 2.56. The maximum Gasteiger partial charge on any atom is 0.252 e. The first-order valence-electron chi connectivity index (χ1n) is 3.45. The molecule has 0 aliphatic carbocycles. The van der Waals surface area contributed by atoms with Gasteiger partial charge < -0.3 is 11.2 Å². The number of hydrogen-bond donors (Lipinski definition) is 1.